The Hall–Kier alpha value is -2.11. The summed E-state index contributed by atoms with van der Waals surface area (Å²) < 4.78 is 0. The topological polar surface area (TPSA) is 65.5 Å². The van der Waals surface area contributed by atoms with E-state index in [1.165, 1.54) is 6.20 Å². The highest BCUT2D eigenvalue weighted by Gasteiger charge is 2.21. The van der Waals surface area contributed by atoms with Crippen LogP contribution in [0.5, 0.6) is 0 Å². The molecule has 0 saturated carbocycles. The first-order valence-electron chi connectivity index (χ1n) is 8.04. The van der Waals surface area contributed by atoms with Crippen LogP contribution >= 0.6 is 11.6 Å². The summed E-state index contributed by atoms with van der Waals surface area (Å²) in [6, 6.07) is 9.35. The third-order valence-corrected chi connectivity index (χ3v) is 4.68. The number of hydrogen-bond acceptors (Lipinski definition) is 4. The number of piperidine rings is 1. The van der Waals surface area contributed by atoms with Gasteiger partial charge in [0.15, 0.2) is 0 Å². The molecule has 3 rings (SSSR count). The van der Waals surface area contributed by atoms with E-state index in [0.717, 1.165) is 37.3 Å². The van der Waals surface area contributed by atoms with Crippen LogP contribution < -0.4 is 10.2 Å². The lowest BCUT2D eigenvalue weighted by Gasteiger charge is -2.34. The van der Waals surface area contributed by atoms with Gasteiger partial charge in [-0.25, -0.2) is 0 Å². The van der Waals surface area contributed by atoms with E-state index < -0.39 is 0 Å². The number of nitrogens with zero attached hydrogens (tertiary/aromatic N) is 2. The average Bonchev–Trinajstić information content (AvgIpc) is 2.62. The fraction of sp³-hybridized carbons (Fsp3) is 0.333. The van der Waals surface area contributed by atoms with Crippen molar-refractivity contribution >= 4 is 28.9 Å². The quantitative estimate of drug-likeness (QED) is 0.893. The van der Waals surface area contributed by atoms with Gasteiger partial charge < -0.3 is 15.3 Å². The highest BCUT2D eigenvalue weighted by atomic mass is 35.5. The number of para-hydroxylation sites is 2. The number of pyridine rings is 1. The van der Waals surface area contributed by atoms with Crippen molar-refractivity contribution in [2.24, 2.45) is 5.92 Å². The van der Waals surface area contributed by atoms with Gasteiger partial charge in [0, 0.05) is 32.1 Å². The molecule has 5 nitrogen and oxygen atoms in total. The number of benzene rings is 1. The van der Waals surface area contributed by atoms with E-state index in [-0.39, 0.29) is 12.5 Å². The molecule has 0 unspecified atom stereocenters. The summed E-state index contributed by atoms with van der Waals surface area (Å²) in [6.45, 7) is 1.98. The molecule has 1 saturated heterocycles. The summed E-state index contributed by atoms with van der Waals surface area (Å²) in [5, 5.41) is 12.6. The molecule has 0 bridgehead atoms. The van der Waals surface area contributed by atoms with E-state index in [0.29, 0.717) is 16.5 Å². The lowest BCUT2D eigenvalue weighted by atomic mass is 9.97. The van der Waals surface area contributed by atoms with Gasteiger partial charge in [0.2, 0.25) is 0 Å². The molecule has 0 aliphatic carbocycles. The van der Waals surface area contributed by atoms with Crippen molar-refractivity contribution in [1.82, 2.24) is 4.98 Å². The Morgan fingerprint density at radius 1 is 1.29 bits per heavy atom. The second-order valence-electron chi connectivity index (χ2n) is 5.94. The van der Waals surface area contributed by atoms with E-state index in [1.54, 1.807) is 12.3 Å². The predicted octanol–water partition coefficient (Wildman–Crippen LogP) is 3.20. The number of rotatable bonds is 4. The van der Waals surface area contributed by atoms with Crippen LogP contribution in [0.15, 0.2) is 42.7 Å². The van der Waals surface area contributed by atoms with Crippen LogP contribution in [0.1, 0.15) is 23.2 Å². The van der Waals surface area contributed by atoms with E-state index in [1.807, 2.05) is 24.3 Å². The Kier molecular flexibility index (Phi) is 5.33. The van der Waals surface area contributed by atoms with Crippen molar-refractivity contribution < 1.29 is 9.90 Å². The zero-order valence-corrected chi connectivity index (χ0v) is 14.0. The molecular weight excluding hydrogens is 326 g/mol. The lowest BCUT2D eigenvalue weighted by Crippen LogP contribution is -2.35. The second kappa shape index (κ2) is 7.64. The third-order valence-electron chi connectivity index (χ3n) is 4.38. The van der Waals surface area contributed by atoms with Gasteiger partial charge in [-0.2, -0.15) is 0 Å². The first-order valence-corrected chi connectivity index (χ1v) is 8.42. The van der Waals surface area contributed by atoms with E-state index in [4.69, 9.17) is 11.6 Å². The zero-order chi connectivity index (χ0) is 16.9. The average molecular weight is 346 g/mol. The Labute approximate surface area is 146 Å². The molecule has 1 aromatic carbocycles. The Morgan fingerprint density at radius 3 is 2.75 bits per heavy atom. The van der Waals surface area contributed by atoms with Crippen LogP contribution in [0.3, 0.4) is 0 Å². The van der Waals surface area contributed by atoms with Gasteiger partial charge in [0.05, 0.1) is 22.0 Å². The van der Waals surface area contributed by atoms with Crippen LogP contribution in [-0.2, 0) is 0 Å². The second-order valence-corrected chi connectivity index (χ2v) is 6.35. The molecule has 0 spiro atoms. The van der Waals surface area contributed by atoms with Crippen molar-refractivity contribution in [3.63, 3.8) is 0 Å². The monoisotopic (exact) mass is 345 g/mol. The molecule has 1 amide bonds. The van der Waals surface area contributed by atoms with Crippen molar-refractivity contribution in [1.29, 1.82) is 0 Å². The van der Waals surface area contributed by atoms with Gasteiger partial charge in [0.1, 0.15) is 0 Å². The highest BCUT2D eigenvalue weighted by Crippen LogP contribution is 2.30. The normalized spacial score (nSPS) is 15.3. The molecule has 2 N–H and O–H groups in total. The summed E-state index contributed by atoms with van der Waals surface area (Å²) >= 11 is 6.05. The van der Waals surface area contributed by atoms with Crippen LogP contribution in [-0.4, -0.2) is 35.7 Å². The van der Waals surface area contributed by atoms with E-state index in [9.17, 15) is 9.90 Å². The minimum Gasteiger partial charge on any atom is -0.396 e. The number of aliphatic hydroxyl groups excluding tert-OH is 1. The molecule has 1 aliphatic heterocycles. The minimum atomic E-state index is -0.250. The number of carbonyl (C=O) groups excluding carboxylic acids is 1. The smallest absolute Gasteiger partial charge is 0.257 e. The molecule has 0 atom stereocenters. The predicted molar refractivity (Wildman–Crippen MR) is 95.7 cm³/mol. The van der Waals surface area contributed by atoms with Crippen LogP contribution in [0, 0.1) is 5.92 Å². The van der Waals surface area contributed by atoms with Gasteiger partial charge in [0.25, 0.3) is 5.91 Å². The fourth-order valence-corrected chi connectivity index (χ4v) is 3.17. The van der Waals surface area contributed by atoms with Gasteiger partial charge in [-0.1, -0.05) is 23.7 Å². The number of carbonyl (C=O) groups is 1. The molecule has 126 valence electrons. The molecule has 1 fully saturated rings. The van der Waals surface area contributed by atoms with Crippen molar-refractivity contribution in [2.75, 3.05) is 29.9 Å². The largest absolute Gasteiger partial charge is 0.396 e. The molecule has 1 aromatic heterocycles. The summed E-state index contributed by atoms with van der Waals surface area (Å²) in [6.07, 6.45) is 4.92. The Bertz CT molecular complexity index is 715. The number of aliphatic hydroxyl groups is 1. The number of nitrogens with one attached hydrogen (secondary N) is 1. The molecule has 2 aromatic rings. The number of amides is 1. The van der Waals surface area contributed by atoms with Crippen LogP contribution in [0.25, 0.3) is 0 Å². The lowest BCUT2D eigenvalue weighted by molar-refractivity contribution is 0.102. The number of anilines is 2. The summed E-state index contributed by atoms with van der Waals surface area (Å²) in [4.78, 5) is 18.6. The molecular formula is C18H20ClN3O2. The Morgan fingerprint density at radius 2 is 2.04 bits per heavy atom. The van der Waals surface area contributed by atoms with Gasteiger partial charge >= 0.3 is 0 Å². The maximum atomic E-state index is 12.5. The van der Waals surface area contributed by atoms with Gasteiger partial charge in [-0.05, 0) is 37.0 Å². The molecule has 1 aliphatic rings. The summed E-state index contributed by atoms with van der Waals surface area (Å²) in [5.74, 6) is 0.124. The fourth-order valence-electron chi connectivity index (χ4n) is 2.96. The van der Waals surface area contributed by atoms with Crippen molar-refractivity contribution in [3.05, 3.63) is 53.3 Å². The highest BCUT2D eigenvalue weighted by molar-refractivity contribution is 6.34. The van der Waals surface area contributed by atoms with Crippen LogP contribution in [0.4, 0.5) is 11.4 Å². The number of hydrogen-bond donors (Lipinski definition) is 2. The van der Waals surface area contributed by atoms with Gasteiger partial charge in [-0.15, -0.1) is 0 Å². The molecule has 6 heteroatoms. The van der Waals surface area contributed by atoms with Crippen LogP contribution in [0.2, 0.25) is 5.02 Å². The third kappa shape index (κ3) is 3.68. The molecule has 0 radical (unpaired) electrons. The van der Waals surface area contributed by atoms with Crippen molar-refractivity contribution in [3.8, 4) is 0 Å². The zero-order valence-electron chi connectivity index (χ0n) is 13.3. The SMILES string of the molecule is O=C(Nc1ccccc1N1CCC(CO)CC1)c1ccncc1Cl. The summed E-state index contributed by atoms with van der Waals surface area (Å²) in [7, 11) is 0. The maximum absolute atomic E-state index is 12.5. The van der Waals surface area contributed by atoms with Crippen molar-refractivity contribution in [2.45, 2.75) is 12.8 Å². The molecule has 24 heavy (non-hydrogen) atoms. The Balaban J connectivity index is 1.77. The first kappa shape index (κ1) is 16.7. The van der Waals surface area contributed by atoms with E-state index in [2.05, 4.69) is 15.2 Å². The maximum Gasteiger partial charge on any atom is 0.257 e. The first-order chi connectivity index (χ1) is 11.7. The number of aromatic nitrogens is 1. The summed E-state index contributed by atoms with van der Waals surface area (Å²) in [5.41, 5.74) is 2.16. The molecule has 2 heterocycles. The minimum absolute atomic E-state index is 0.243. The van der Waals surface area contributed by atoms with Gasteiger partial charge in [-0.3, -0.25) is 9.78 Å². The number of halogens is 1. The van der Waals surface area contributed by atoms with E-state index >= 15 is 0 Å². The standard InChI is InChI=1S/C18H20ClN3O2/c19-15-11-20-8-5-14(15)18(24)21-16-3-1-2-4-17(16)22-9-6-13(12-23)7-10-22/h1-5,8,11,13,23H,6-7,9-10,12H2,(H,21,24).